The number of methoxy groups -OCH3 is 1. The molecule has 1 aromatic carbocycles. The molecule has 0 aromatic heterocycles. The Morgan fingerprint density at radius 1 is 1.32 bits per heavy atom. The summed E-state index contributed by atoms with van der Waals surface area (Å²) in [6.07, 6.45) is 3.29. The summed E-state index contributed by atoms with van der Waals surface area (Å²) in [6, 6.07) is 8.30. The largest absolute Gasteiger partial charge is 0.497 e. The van der Waals surface area contributed by atoms with Gasteiger partial charge in [0.2, 0.25) is 0 Å². The first-order valence-corrected chi connectivity index (χ1v) is 8.79. The first kappa shape index (κ1) is 22.0. The van der Waals surface area contributed by atoms with Gasteiger partial charge in [0.05, 0.1) is 12.7 Å². The van der Waals surface area contributed by atoms with Crippen molar-refractivity contribution in [3.05, 3.63) is 29.8 Å². The molecule has 1 aromatic rings. The number of ether oxygens (including phenoxy) is 2. The van der Waals surface area contributed by atoms with E-state index in [1.54, 1.807) is 14.2 Å². The van der Waals surface area contributed by atoms with Crippen LogP contribution >= 0.6 is 24.0 Å². The molecule has 2 atom stereocenters. The van der Waals surface area contributed by atoms with Crippen molar-refractivity contribution in [1.29, 1.82) is 0 Å². The fourth-order valence-electron chi connectivity index (χ4n) is 2.97. The molecule has 2 N–H and O–H groups in total. The van der Waals surface area contributed by atoms with E-state index in [0.717, 1.165) is 50.7 Å². The molecule has 0 amide bonds. The minimum Gasteiger partial charge on any atom is -0.497 e. The van der Waals surface area contributed by atoms with Crippen LogP contribution in [0.3, 0.4) is 0 Å². The minimum atomic E-state index is -0.0615. The van der Waals surface area contributed by atoms with Gasteiger partial charge in [-0.2, -0.15) is 0 Å². The highest BCUT2D eigenvalue weighted by atomic mass is 127. The molecule has 1 aliphatic rings. The lowest BCUT2D eigenvalue weighted by atomic mass is 9.98. The van der Waals surface area contributed by atoms with Crippen LogP contribution in [0.5, 0.6) is 5.75 Å². The van der Waals surface area contributed by atoms with Gasteiger partial charge in [0, 0.05) is 26.7 Å². The maximum atomic E-state index is 5.80. The number of rotatable bonds is 7. The number of benzene rings is 1. The van der Waals surface area contributed by atoms with Gasteiger partial charge in [-0.05, 0) is 49.8 Å². The lowest BCUT2D eigenvalue weighted by Crippen LogP contribution is -2.45. The van der Waals surface area contributed by atoms with E-state index < -0.39 is 0 Å². The van der Waals surface area contributed by atoms with Crippen molar-refractivity contribution in [2.75, 3.05) is 33.9 Å². The smallest absolute Gasteiger partial charge is 0.191 e. The zero-order valence-corrected chi connectivity index (χ0v) is 18.1. The normalized spacial score (nSPS) is 21.4. The van der Waals surface area contributed by atoms with Crippen molar-refractivity contribution in [3.8, 4) is 5.75 Å². The maximum absolute atomic E-state index is 5.80. The number of nitrogens with zero attached hydrogens (tertiary/aromatic N) is 1. The van der Waals surface area contributed by atoms with Crippen molar-refractivity contribution < 1.29 is 9.47 Å². The molecule has 0 aliphatic carbocycles. The Morgan fingerprint density at radius 3 is 2.60 bits per heavy atom. The highest BCUT2D eigenvalue weighted by molar-refractivity contribution is 14.0. The summed E-state index contributed by atoms with van der Waals surface area (Å²) >= 11 is 0. The summed E-state index contributed by atoms with van der Waals surface area (Å²) in [5.41, 5.74) is 1.26. The number of hydrogen-bond donors (Lipinski definition) is 2. The summed E-state index contributed by atoms with van der Waals surface area (Å²) < 4.78 is 11.0. The summed E-state index contributed by atoms with van der Waals surface area (Å²) in [5.74, 6) is 2.22. The van der Waals surface area contributed by atoms with Crippen LogP contribution in [0.25, 0.3) is 0 Å². The summed E-state index contributed by atoms with van der Waals surface area (Å²) in [4.78, 5) is 4.29. The Hall–Kier alpha value is -1.02. The van der Waals surface area contributed by atoms with Crippen molar-refractivity contribution in [3.63, 3.8) is 0 Å². The van der Waals surface area contributed by atoms with Crippen LogP contribution in [0.1, 0.15) is 44.6 Å². The van der Waals surface area contributed by atoms with Gasteiger partial charge in [-0.15, -0.1) is 24.0 Å². The molecule has 1 fully saturated rings. The number of guanidine groups is 1. The van der Waals surface area contributed by atoms with E-state index in [1.165, 1.54) is 5.56 Å². The first-order chi connectivity index (χ1) is 11.6. The molecule has 25 heavy (non-hydrogen) atoms. The number of halogens is 1. The van der Waals surface area contributed by atoms with Gasteiger partial charge in [-0.1, -0.05) is 19.1 Å². The zero-order valence-electron chi connectivity index (χ0n) is 15.8. The Kier molecular flexibility index (Phi) is 9.56. The van der Waals surface area contributed by atoms with E-state index in [9.17, 15) is 0 Å². The lowest BCUT2D eigenvalue weighted by molar-refractivity contribution is 0.0243. The highest BCUT2D eigenvalue weighted by Crippen LogP contribution is 2.24. The molecule has 0 spiro atoms. The fraction of sp³-hybridized carbons (Fsp3) is 0.632. The Labute approximate surface area is 169 Å². The Bertz CT molecular complexity index is 528. The highest BCUT2D eigenvalue weighted by Gasteiger charge is 2.29. The molecule has 2 rings (SSSR count). The van der Waals surface area contributed by atoms with E-state index in [4.69, 9.17) is 9.47 Å². The van der Waals surface area contributed by atoms with Gasteiger partial charge in [0.1, 0.15) is 5.75 Å². The average Bonchev–Trinajstić information content (AvgIpc) is 3.04. The predicted molar refractivity (Wildman–Crippen MR) is 114 cm³/mol. The molecule has 6 heteroatoms. The van der Waals surface area contributed by atoms with Crippen LogP contribution in [0.2, 0.25) is 0 Å². The summed E-state index contributed by atoms with van der Waals surface area (Å²) in [7, 11) is 3.50. The quantitative estimate of drug-likeness (QED) is 0.371. The Morgan fingerprint density at radius 2 is 2.04 bits per heavy atom. The number of hydrogen-bond acceptors (Lipinski definition) is 3. The Balaban J connectivity index is 0.00000312. The van der Waals surface area contributed by atoms with Gasteiger partial charge >= 0.3 is 0 Å². The van der Waals surface area contributed by atoms with Gasteiger partial charge in [-0.3, -0.25) is 4.99 Å². The van der Waals surface area contributed by atoms with Crippen molar-refractivity contribution >= 4 is 29.9 Å². The monoisotopic (exact) mass is 461 g/mol. The summed E-state index contributed by atoms with van der Waals surface area (Å²) in [6.45, 7) is 6.94. The van der Waals surface area contributed by atoms with Crippen LogP contribution in [-0.2, 0) is 4.74 Å². The fourth-order valence-corrected chi connectivity index (χ4v) is 2.97. The van der Waals surface area contributed by atoms with Crippen LogP contribution in [0.15, 0.2) is 29.3 Å². The second-order valence-electron chi connectivity index (χ2n) is 6.72. The van der Waals surface area contributed by atoms with Crippen LogP contribution in [0.4, 0.5) is 0 Å². The molecule has 0 bridgehead atoms. The molecule has 1 heterocycles. The second-order valence-corrected chi connectivity index (χ2v) is 6.72. The summed E-state index contributed by atoms with van der Waals surface area (Å²) in [5, 5.41) is 6.77. The van der Waals surface area contributed by atoms with Crippen LogP contribution in [0, 0.1) is 0 Å². The third-order valence-corrected chi connectivity index (χ3v) is 4.71. The molecule has 0 saturated carbocycles. The topological polar surface area (TPSA) is 54.9 Å². The standard InChI is InChI=1S/C19H31N3O2.HI/c1-15(16-6-8-17(23-4)9-7-16)10-12-21-18(20-3)22-14-19(2)11-5-13-24-19;/h6-9,15H,5,10-14H2,1-4H3,(H2,20,21,22);1H. The second kappa shape index (κ2) is 10.9. The SMILES string of the molecule is CN=C(NCCC(C)c1ccc(OC)cc1)NCC1(C)CCCO1.I. The van der Waals surface area contributed by atoms with E-state index >= 15 is 0 Å². The van der Waals surface area contributed by atoms with Gasteiger partial charge in [0.15, 0.2) is 5.96 Å². The molecule has 1 saturated heterocycles. The number of nitrogens with one attached hydrogen (secondary N) is 2. The predicted octanol–water partition coefficient (Wildman–Crippen LogP) is 3.54. The number of aliphatic imine (C=N–C) groups is 1. The third kappa shape index (κ3) is 7.01. The third-order valence-electron chi connectivity index (χ3n) is 4.71. The van der Waals surface area contributed by atoms with Gasteiger partial charge in [0.25, 0.3) is 0 Å². The van der Waals surface area contributed by atoms with E-state index in [-0.39, 0.29) is 29.6 Å². The average molecular weight is 461 g/mol. The molecular weight excluding hydrogens is 429 g/mol. The molecule has 5 nitrogen and oxygen atoms in total. The van der Waals surface area contributed by atoms with Gasteiger partial charge in [-0.25, -0.2) is 0 Å². The van der Waals surface area contributed by atoms with Crippen molar-refractivity contribution in [2.45, 2.75) is 44.6 Å². The molecule has 2 unspecified atom stereocenters. The first-order valence-electron chi connectivity index (χ1n) is 8.79. The zero-order chi connectivity index (χ0) is 17.4. The maximum Gasteiger partial charge on any atom is 0.191 e. The van der Waals surface area contributed by atoms with Gasteiger partial charge < -0.3 is 20.1 Å². The van der Waals surface area contributed by atoms with Crippen molar-refractivity contribution in [1.82, 2.24) is 10.6 Å². The lowest BCUT2D eigenvalue weighted by Gasteiger charge is -2.25. The minimum absolute atomic E-state index is 0. The molecule has 142 valence electrons. The van der Waals surface area contributed by atoms with E-state index in [0.29, 0.717) is 5.92 Å². The molecule has 0 radical (unpaired) electrons. The van der Waals surface area contributed by atoms with E-state index in [2.05, 4.69) is 41.6 Å². The van der Waals surface area contributed by atoms with E-state index in [1.807, 2.05) is 12.1 Å². The molecular formula is C19H32IN3O2. The molecule has 1 aliphatic heterocycles. The van der Waals surface area contributed by atoms with Crippen LogP contribution < -0.4 is 15.4 Å². The van der Waals surface area contributed by atoms with Crippen molar-refractivity contribution in [2.24, 2.45) is 4.99 Å². The van der Waals surface area contributed by atoms with Crippen LogP contribution in [-0.4, -0.2) is 45.4 Å².